The standard InChI is InChI=1S/C14H18FNO2/c1-9(2)18-14(17)12-7-8-16-13(12)10-3-5-11(15)6-4-10/h3-6,9,12-13,16H,7-8H2,1-2H3/t12-,13-/m1/s1. The van der Waals surface area contributed by atoms with Gasteiger partial charge in [0.15, 0.2) is 0 Å². The topological polar surface area (TPSA) is 38.3 Å². The zero-order valence-electron chi connectivity index (χ0n) is 10.7. The highest BCUT2D eigenvalue weighted by molar-refractivity contribution is 5.74. The third-order valence-corrected chi connectivity index (χ3v) is 3.11. The molecule has 1 heterocycles. The van der Waals surface area contributed by atoms with Crippen LogP contribution in [0.1, 0.15) is 31.9 Å². The van der Waals surface area contributed by atoms with Crippen LogP contribution in [0.2, 0.25) is 0 Å². The van der Waals surface area contributed by atoms with Crippen molar-refractivity contribution in [2.24, 2.45) is 5.92 Å². The molecule has 18 heavy (non-hydrogen) atoms. The summed E-state index contributed by atoms with van der Waals surface area (Å²) in [4.78, 5) is 12.0. The van der Waals surface area contributed by atoms with Crippen molar-refractivity contribution in [3.63, 3.8) is 0 Å². The molecule has 98 valence electrons. The van der Waals surface area contributed by atoms with E-state index in [1.807, 2.05) is 13.8 Å². The molecule has 2 rings (SSSR count). The summed E-state index contributed by atoms with van der Waals surface area (Å²) in [6.45, 7) is 4.46. The highest BCUT2D eigenvalue weighted by Gasteiger charge is 2.35. The summed E-state index contributed by atoms with van der Waals surface area (Å²) in [5.74, 6) is -0.625. The molecule has 1 aliphatic heterocycles. The van der Waals surface area contributed by atoms with E-state index in [1.54, 1.807) is 12.1 Å². The van der Waals surface area contributed by atoms with Gasteiger partial charge in [0.1, 0.15) is 5.82 Å². The Balaban J connectivity index is 2.12. The lowest BCUT2D eigenvalue weighted by Gasteiger charge is -2.20. The van der Waals surface area contributed by atoms with Gasteiger partial charge in [-0.05, 0) is 44.5 Å². The minimum atomic E-state index is -0.266. The van der Waals surface area contributed by atoms with Crippen molar-refractivity contribution in [3.8, 4) is 0 Å². The summed E-state index contributed by atoms with van der Waals surface area (Å²) < 4.78 is 18.1. The van der Waals surface area contributed by atoms with Gasteiger partial charge >= 0.3 is 5.97 Å². The van der Waals surface area contributed by atoms with E-state index in [-0.39, 0.29) is 29.9 Å². The predicted octanol–water partition coefficient (Wildman–Crippen LogP) is 2.43. The fraction of sp³-hybridized carbons (Fsp3) is 0.500. The number of halogens is 1. The van der Waals surface area contributed by atoms with Crippen molar-refractivity contribution < 1.29 is 13.9 Å². The summed E-state index contributed by atoms with van der Waals surface area (Å²) >= 11 is 0. The minimum absolute atomic E-state index is 0.0724. The summed E-state index contributed by atoms with van der Waals surface area (Å²) in [6.07, 6.45) is 0.653. The highest BCUT2D eigenvalue weighted by Crippen LogP contribution is 2.30. The number of hydrogen-bond donors (Lipinski definition) is 1. The van der Waals surface area contributed by atoms with Crippen LogP contribution >= 0.6 is 0 Å². The molecule has 4 heteroatoms. The summed E-state index contributed by atoms with van der Waals surface area (Å²) in [7, 11) is 0. The Bertz CT molecular complexity index is 416. The number of rotatable bonds is 3. The van der Waals surface area contributed by atoms with Gasteiger partial charge in [0.2, 0.25) is 0 Å². The Morgan fingerprint density at radius 2 is 2.06 bits per heavy atom. The maximum atomic E-state index is 12.9. The molecule has 0 amide bonds. The van der Waals surface area contributed by atoms with Crippen LogP contribution in [0.15, 0.2) is 24.3 Å². The second-order valence-electron chi connectivity index (χ2n) is 4.86. The Kier molecular flexibility index (Phi) is 3.97. The lowest BCUT2D eigenvalue weighted by molar-refractivity contribution is -0.152. The third-order valence-electron chi connectivity index (χ3n) is 3.11. The molecule has 0 saturated carbocycles. The minimum Gasteiger partial charge on any atom is -0.463 e. The van der Waals surface area contributed by atoms with E-state index in [0.29, 0.717) is 0 Å². The van der Waals surface area contributed by atoms with Crippen LogP contribution in [-0.4, -0.2) is 18.6 Å². The number of benzene rings is 1. The van der Waals surface area contributed by atoms with E-state index < -0.39 is 0 Å². The van der Waals surface area contributed by atoms with Crippen molar-refractivity contribution in [1.82, 2.24) is 5.32 Å². The second-order valence-corrected chi connectivity index (χ2v) is 4.86. The Morgan fingerprint density at radius 3 is 2.67 bits per heavy atom. The quantitative estimate of drug-likeness (QED) is 0.838. The van der Waals surface area contributed by atoms with E-state index >= 15 is 0 Å². The lowest BCUT2D eigenvalue weighted by Crippen LogP contribution is -2.27. The average Bonchev–Trinajstić information content (AvgIpc) is 2.78. The monoisotopic (exact) mass is 251 g/mol. The van der Waals surface area contributed by atoms with Gasteiger partial charge in [0, 0.05) is 6.04 Å². The van der Waals surface area contributed by atoms with E-state index in [2.05, 4.69) is 5.32 Å². The highest BCUT2D eigenvalue weighted by atomic mass is 19.1. The number of esters is 1. The molecule has 1 aromatic rings. The van der Waals surface area contributed by atoms with Crippen LogP contribution in [0.25, 0.3) is 0 Å². The van der Waals surface area contributed by atoms with Crippen molar-refractivity contribution >= 4 is 5.97 Å². The van der Waals surface area contributed by atoms with Gasteiger partial charge in [0.05, 0.1) is 12.0 Å². The molecule has 0 bridgehead atoms. The van der Waals surface area contributed by atoms with Gasteiger partial charge < -0.3 is 10.1 Å². The molecule has 1 N–H and O–H groups in total. The first-order chi connectivity index (χ1) is 8.58. The van der Waals surface area contributed by atoms with E-state index in [9.17, 15) is 9.18 Å². The molecule has 1 saturated heterocycles. The Morgan fingerprint density at radius 1 is 1.39 bits per heavy atom. The summed E-state index contributed by atoms with van der Waals surface area (Å²) in [6, 6.07) is 6.19. The molecule has 0 spiro atoms. The predicted molar refractivity (Wildman–Crippen MR) is 66.5 cm³/mol. The molecule has 3 nitrogen and oxygen atoms in total. The molecular weight excluding hydrogens is 233 g/mol. The molecular formula is C14H18FNO2. The molecule has 1 aromatic carbocycles. The third kappa shape index (κ3) is 2.88. The van der Waals surface area contributed by atoms with Crippen molar-refractivity contribution in [2.45, 2.75) is 32.4 Å². The molecule has 0 aromatic heterocycles. The van der Waals surface area contributed by atoms with E-state index in [1.165, 1.54) is 12.1 Å². The number of hydrogen-bond acceptors (Lipinski definition) is 3. The van der Waals surface area contributed by atoms with Crippen molar-refractivity contribution in [2.75, 3.05) is 6.54 Å². The molecule has 2 atom stereocenters. The number of carbonyl (C=O) groups excluding carboxylic acids is 1. The van der Waals surface area contributed by atoms with Crippen LogP contribution in [0.5, 0.6) is 0 Å². The average molecular weight is 251 g/mol. The van der Waals surface area contributed by atoms with Crippen LogP contribution in [0.4, 0.5) is 4.39 Å². The Labute approximate surface area is 106 Å². The summed E-state index contributed by atoms with van der Waals surface area (Å²) in [5, 5.41) is 3.27. The SMILES string of the molecule is CC(C)OC(=O)[C@@H]1CCN[C@@H]1c1ccc(F)cc1. The van der Waals surface area contributed by atoms with Crippen LogP contribution in [-0.2, 0) is 9.53 Å². The lowest BCUT2D eigenvalue weighted by atomic mass is 9.94. The van der Waals surface area contributed by atoms with E-state index in [4.69, 9.17) is 4.74 Å². The second kappa shape index (κ2) is 5.48. The molecule has 1 aliphatic rings. The van der Waals surface area contributed by atoms with Crippen LogP contribution < -0.4 is 5.32 Å². The van der Waals surface area contributed by atoms with Gasteiger partial charge in [-0.25, -0.2) is 4.39 Å². The Hall–Kier alpha value is -1.42. The number of nitrogens with one attached hydrogen (secondary N) is 1. The maximum Gasteiger partial charge on any atom is 0.311 e. The van der Waals surface area contributed by atoms with Gasteiger partial charge in [-0.1, -0.05) is 12.1 Å². The van der Waals surface area contributed by atoms with Crippen LogP contribution in [0, 0.1) is 11.7 Å². The fourth-order valence-corrected chi connectivity index (χ4v) is 2.30. The smallest absolute Gasteiger partial charge is 0.311 e. The first-order valence-corrected chi connectivity index (χ1v) is 6.27. The van der Waals surface area contributed by atoms with Gasteiger partial charge in [0.25, 0.3) is 0 Å². The molecule has 0 unspecified atom stereocenters. The normalized spacial score (nSPS) is 23.3. The zero-order valence-corrected chi connectivity index (χ0v) is 10.7. The number of carbonyl (C=O) groups is 1. The van der Waals surface area contributed by atoms with Crippen molar-refractivity contribution in [1.29, 1.82) is 0 Å². The number of ether oxygens (including phenoxy) is 1. The van der Waals surface area contributed by atoms with Crippen molar-refractivity contribution in [3.05, 3.63) is 35.6 Å². The zero-order chi connectivity index (χ0) is 13.1. The fourth-order valence-electron chi connectivity index (χ4n) is 2.30. The van der Waals surface area contributed by atoms with Gasteiger partial charge in [-0.2, -0.15) is 0 Å². The summed E-state index contributed by atoms with van der Waals surface area (Å²) in [5.41, 5.74) is 0.930. The molecule has 1 fully saturated rings. The maximum absolute atomic E-state index is 12.9. The van der Waals surface area contributed by atoms with Gasteiger partial charge in [-0.3, -0.25) is 4.79 Å². The van der Waals surface area contributed by atoms with E-state index in [0.717, 1.165) is 18.5 Å². The van der Waals surface area contributed by atoms with Gasteiger partial charge in [-0.15, -0.1) is 0 Å². The largest absolute Gasteiger partial charge is 0.463 e. The molecule has 0 radical (unpaired) electrons. The first kappa shape index (κ1) is 13.0. The van der Waals surface area contributed by atoms with Crippen LogP contribution in [0.3, 0.4) is 0 Å². The molecule has 0 aliphatic carbocycles. The first-order valence-electron chi connectivity index (χ1n) is 6.27.